The third-order valence-electron chi connectivity index (χ3n) is 3.45. The number of amides is 2. The van der Waals surface area contributed by atoms with E-state index < -0.39 is 0 Å². The van der Waals surface area contributed by atoms with Gasteiger partial charge in [-0.1, -0.05) is 41.9 Å². The fourth-order valence-electron chi connectivity index (χ4n) is 2.17. The van der Waals surface area contributed by atoms with Crippen LogP contribution in [0.1, 0.15) is 28.4 Å². The van der Waals surface area contributed by atoms with Crippen LogP contribution >= 0.6 is 11.6 Å². The fourth-order valence-corrected chi connectivity index (χ4v) is 2.36. The molecule has 2 aromatic rings. The lowest BCUT2D eigenvalue weighted by Gasteiger charge is -2.18. The topological polar surface area (TPSA) is 49.4 Å². The molecule has 1 N–H and O–H groups in total. The predicted octanol–water partition coefficient (Wildman–Crippen LogP) is 3.25. The number of nitrogens with zero attached hydrogens (tertiary/aromatic N) is 1. The minimum atomic E-state index is -0.0790. The van der Waals surface area contributed by atoms with Crippen LogP contribution in [0.4, 0.5) is 0 Å². The molecule has 0 radical (unpaired) electrons. The van der Waals surface area contributed by atoms with Gasteiger partial charge in [-0.3, -0.25) is 9.59 Å². The standard InChI is InChI=1S/C18H19ClN2O2/c1-13(22)20-11-14-7-9-15(10-8-14)18(23)21(2)12-16-5-3-4-6-17(16)19/h3-10H,11-12H2,1-2H3,(H,20,22). The summed E-state index contributed by atoms with van der Waals surface area (Å²) in [6.45, 7) is 2.38. The quantitative estimate of drug-likeness (QED) is 0.915. The van der Waals surface area contributed by atoms with Crippen molar-refractivity contribution in [2.75, 3.05) is 7.05 Å². The van der Waals surface area contributed by atoms with Crippen molar-refractivity contribution < 1.29 is 9.59 Å². The molecule has 0 atom stereocenters. The van der Waals surface area contributed by atoms with Crippen LogP contribution in [0.2, 0.25) is 5.02 Å². The van der Waals surface area contributed by atoms with Crippen LogP contribution < -0.4 is 5.32 Å². The summed E-state index contributed by atoms with van der Waals surface area (Å²) in [5, 5.41) is 3.37. The molecule has 0 aromatic heterocycles. The largest absolute Gasteiger partial charge is 0.352 e. The maximum Gasteiger partial charge on any atom is 0.253 e. The van der Waals surface area contributed by atoms with Crippen molar-refractivity contribution >= 4 is 23.4 Å². The Morgan fingerprint density at radius 1 is 1.09 bits per heavy atom. The van der Waals surface area contributed by atoms with Crippen molar-refractivity contribution in [3.8, 4) is 0 Å². The molecule has 0 saturated carbocycles. The number of rotatable bonds is 5. The highest BCUT2D eigenvalue weighted by molar-refractivity contribution is 6.31. The van der Waals surface area contributed by atoms with E-state index in [1.165, 1.54) is 6.92 Å². The summed E-state index contributed by atoms with van der Waals surface area (Å²) in [7, 11) is 1.75. The van der Waals surface area contributed by atoms with E-state index >= 15 is 0 Å². The zero-order chi connectivity index (χ0) is 16.8. The fraction of sp³-hybridized carbons (Fsp3) is 0.222. The molecule has 0 saturated heterocycles. The monoisotopic (exact) mass is 330 g/mol. The summed E-state index contributed by atoms with van der Waals surface area (Å²) < 4.78 is 0. The van der Waals surface area contributed by atoms with Crippen molar-refractivity contribution in [2.45, 2.75) is 20.0 Å². The number of benzene rings is 2. The minimum Gasteiger partial charge on any atom is -0.352 e. The molecule has 0 fully saturated rings. The summed E-state index contributed by atoms with van der Waals surface area (Å²) in [6, 6.07) is 14.7. The first-order valence-electron chi connectivity index (χ1n) is 7.29. The summed E-state index contributed by atoms with van der Waals surface area (Å²) in [6.07, 6.45) is 0. The molecule has 0 aliphatic carbocycles. The highest BCUT2D eigenvalue weighted by atomic mass is 35.5. The molecule has 0 unspecified atom stereocenters. The van der Waals surface area contributed by atoms with Crippen LogP contribution in [0.25, 0.3) is 0 Å². The Hall–Kier alpha value is -2.33. The van der Waals surface area contributed by atoms with Crippen molar-refractivity contribution in [2.24, 2.45) is 0 Å². The van der Waals surface area contributed by atoms with Gasteiger partial charge in [0.25, 0.3) is 5.91 Å². The van der Waals surface area contributed by atoms with Crippen molar-refractivity contribution in [3.05, 3.63) is 70.2 Å². The number of hydrogen-bond acceptors (Lipinski definition) is 2. The van der Waals surface area contributed by atoms with E-state index in [1.807, 2.05) is 36.4 Å². The lowest BCUT2D eigenvalue weighted by atomic mass is 10.1. The molecule has 4 nitrogen and oxygen atoms in total. The van der Waals surface area contributed by atoms with Crippen LogP contribution in [-0.2, 0) is 17.9 Å². The highest BCUT2D eigenvalue weighted by Crippen LogP contribution is 2.17. The molecule has 0 heterocycles. The van der Waals surface area contributed by atoms with Crippen LogP contribution in [0.3, 0.4) is 0 Å². The second kappa shape index (κ2) is 7.79. The van der Waals surface area contributed by atoms with Gasteiger partial charge < -0.3 is 10.2 Å². The average Bonchev–Trinajstić information content (AvgIpc) is 2.54. The Morgan fingerprint density at radius 3 is 2.35 bits per heavy atom. The molecule has 0 bridgehead atoms. The smallest absolute Gasteiger partial charge is 0.253 e. The number of halogens is 1. The van der Waals surface area contributed by atoms with Crippen LogP contribution in [-0.4, -0.2) is 23.8 Å². The first-order valence-corrected chi connectivity index (χ1v) is 7.67. The first kappa shape index (κ1) is 17.0. The van der Waals surface area contributed by atoms with Gasteiger partial charge in [-0.2, -0.15) is 0 Å². The number of nitrogens with one attached hydrogen (secondary N) is 1. The number of carbonyl (C=O) groups excluding carboxylic acids is 2. The van der Waals surface area contributed by atoms with E-state index in [0.717, 1.165) is 11.1 Å². The molecular formula is C18H19ClN2O2. The Bertz CT molecular complexity index is 698. The van der Waals surface area contributed by atoms with Crippen molar-refractivity contribution in [3.63, 3.8) is 0 Å². The summed E-state index contributed by atoms with van der Waals surface area (Å²) in [5.74, 6) is -0.152. The van der Waals surface area contributed by atoms with E-state index in [1.54, 1.807) is 24.1 Å². The Balaban J connectivity index is 2.02. The third kappa shape index (κ3) is 4.83. The van der Waals surface area contributed by atoms with Gasteiger partial charge in [-0.05, 0) is 29.3 Å². The van der Waals surface area contributed by atoms with Gasteiger partial charge >= 0.3 is 0 Å². The molecule has 23 heavy (non-hydrogen) atoms. The molecular weight excluding hydrogens is 312 g/mol. The van der Waals surface area contributed by atoms with Crippen LogP contribution in [0, 0.1) is 0 Å². The summed E-state index contributed by atoms with van der Waals surface area (Å²) in [4.78, 5) is 25.0. The van der Waals surface area contributed by atoms with Gasteiger partial charge in [0.05, 0.1) is 0 Å². The average molecular weight is 331 g/mol. The lowest BCUT2D eigenvalue weighted by Crippen LogP contribution is -2.26. The van der Waals surface area contributed by atoms with E-state index in [-0.39, 0.29) is 11.8 Å². The Morgan fingerprint density at radius 2 is 1.74 bits per heavy atom. The molecule has 120 valence electrons. The zero-order valence-corrected chi connectivity index (χ0v) is 13.9. The Kier molecular flexibility index (Phi) is 5.77. The number of hydrogen-bond donors (Lipinski definition) is 1. The van der Waals surface area contributed by atoms with Gasteiger partial charge in [0.1, 0.15) is 0 Å². The highest BCUT2D eigenvalue weighted by Gasteiger charge is 2.13. The third-order valence-corrected chi connectivity index (χ3v) is 3.82. The minimum absolute atomic E-state index is 0.0732. The molecule has 0 aliphatic heterocycles. The molecule has 2 rings (SSSR count). The van der Waals surface area contributed by atoms with E-state index in [0.29, 0.717) is 23.7 Å². The lowest BCUT2D eigenvalue weighted by molar-refractivity contribution is -0.119. The van der Waals surface area contributed by atoms with E-state index in [4.69, 9.17) is 11.6 Å². The van der Waals surface area contributed by atoms with Crippen LogP contribution in [0.5, 0.6) is 0 Å². The first-order chi connectivity index (χ1) is 11.0. The Labute approximate surface area is 141 Å². The number of carbonyl (C=O) groups is 2. The second-order valence-corrected chi connectivity index (χ2v) is 5.77. The molecule has 0 spiro atoms. The molecule has 2 aromatic carbocycles. The van der Waals surface area contributed by atoms with Gasteiger partial charge in [0, 0.05) is 37.6 Å². The van der Waals surface area contributed by atoms with Gasteiger partial charge in [-0.15, -0.1) is 0 Å². The van der Waals surface area contributed by atoms with E-state index in [9.17, 15) is 9.59 Å². The molecule has 5 heteroatoms. The summed E-state index contributed by atoms with van der Waals surface area (Å²) in [5.41, 5.74) is 2.46. The van der Waals surface area contributed by atoms with Gasteiger partial charge in [0.15, 0.2) is 0 Å². The van der Waals surface area contributed by atoms with Gasteiger partial charge in [-0.25, -0.2) is 0 Å². The van der Waals surface area contributed by atoms with E-state index in [2.05, 4.69) is 5.32 Å². The maximum atomic E-state index is 12.5. The van der Waals surface area contributed by atoms with Crippen LogP contribution in [0.15, 0.2) is 48.5 Å². The molecule has 0 aliphatic rings. The van der Waals surface area contributed by atoms with Crippen molar-refractivity contribution in [1.82, 2.24) is 10.2 Å². The predicted molar refractivity (Wildman–Crippen MR) is 91.2 cm³/mol. The van der Waals surface area contributed by atoms with Crippen molar-refractivity contribution in [1.29, 1.82) is 0 Å². The molecule has 2 amide bonds. The second-order valence-electron chi connectivity index (χ2n) is 5.36. The maximum absolute atomic E-state index is 12.5. The SMILES string of the molecule is CC(=O)NCc1ccc(C(=O)N(C)Cc2ccccc2Cl)cc1. The van der Waals surface area contributed by atoms with Gasteiger partial charge in [0.2, 0.25) is 5.91 Å². The summed E-state index contributed by atoms with van der Waals surface area (Å²) >= 11 is 6.13. The zero-order valence-electron chi connectivity index (χ0n) is 13.2. The normalized spacial score (nSPS) is 10.2.